The van der Waals surface area contributed by atoms with Gasteiger partial charge in [0.05, 0.1) is 10.6 Å². The van der Waals surface area contributed by atoms with E-state index < -0.39 is 0 Å². The second-order valence-corrected chi connectivity index (χ2v) is 6.72. The van der Waals surface area contributed by atoms with Gasteiger partial charge in [-0.1, -0.05) is 18.2 Å². The van der Waals surface area contributed by atoms with Gasteiger partial charge >= 0.3 is 0 Å². The number of pyridine rings is 1. The lowest BCUT2D eigenvalue weighted by Gasteiger charge is -2.08. The van der Waals surface area contributed by atoms with Gasteiger partial charge < -0.3 is 10.1 Å². The van der Waals surface area contributed by atoms with E-state index in [9.17, 15) is 4.79 Å². The van der Waals surface area contributed by atoms with E-state index in [1.54, 1.807) is 41.9 Å². The Labute approximate surface area is 159 Å². The Morgan fingerprint density at radius 3 is 2.93 bits per heavy atom. The van der Waals surface area contributed by atoms with Gasteiger partial charge in [0.25, 0.3) is 5.91 Å². The van der Waals surface area contributed by atoms with Gasteiger partial charge in [-0.05, 0) is 35.7 Å². The average molecular weight is 376 g/mol. The van der Waals surface area contributed by atoms with Crippen molar-refractivity contribution in [3.05, 3.63) is 83.5 Å². The van der Waals surface area contributed by atoms with E-state index in [4.69, 9.17) is 4.74 Å². The number of rotatable bonds is 6. The van der Waals surface area contributed by atoms with Crippen LogP contribution >= 0.6 is 11.3 Å². The number of carbonyl (C=O) groups is 1. The largest absolute Gasteiger partial charge is 0.489 e. The molecule has 0 fully saturated rings. The van der Waals surface area contributed by atoms with E-state index in [1.807, 2.05) is 41.8 Å². The van der Waals surface area contributed by atoms with Crippen LogP contribution in [0, 0.1) is 0 Å². The topological polar surface area (TPSA) is 79.9 Å². The molecular weight excluding hydrogens is 360 g/mol. The predicted octanol–water partition coefficient (Wildman–Crippen LogP) is 4.36. The number of aromatic amines is 1. The second kappa shape index (κ2) is 7.84. The molecule has 7 heteroatoms. The molecule has 0 atom stereocenters. The molecular formula is C20H16N4O2S. The first-order valence-corrected chi connectivity index (χ1v) is 9.18. The molecule has 1 amide bonds. The van der Waals surface area contributed by atoms with Crippen molar-refractivity contribution in [1.29, 1.82) is 0 Å². The van der Waals surface area contributed by atoms with Gasteiger partial charge in [-0.15, -0.1) is 11.3 Å². The molecule has 27 heavy (non-hydrogen) atoms. The minimum absolute atomic E-state index is 0.244. The molecule has 2 N–H and O–H groups in total. The highest BCUT2D eigenvalue weighted by atomic mass is 32.1. The van der Waals surface area contributed by atoms with Crippen molar-refractivity contribution in [1.82, 2.24) is 15.2 Å². The Bertz CT molecular complexity index is 1030. The Morgan fingerprint density at radius 2 is 2.11 bits per heavy atom. The monoisotopic (exact) mass is 376 g/mol. The van der Waals surface area contributed by atoms with Crippen LogP contribution in [0.5, 0.6) is 5.75 Å². The van der Waals surface area contributed by atoms with Crippen LogP contribution in [0.1, 0.15) is 15.9 Å². The predicted molar refractivity (Wildman–Crippen MR) is 105 cm³/mol. The van der Waals surface area contributed by atoms with Crippen molar-refractivity contribution in [2.24, 2.45) is 0 Å². The minimum atomic E-state index is -0.244. The molecule has 4 aromatic rings. The Balaban J connectivity index is 1.41. The molecule has 134 valence electrons. The molecule has 3 heterocycles. The molecule has 3 aromatic heterocycles. The first kappa shape index (κ1) is 17.0. The molecule has 0 radical (unpaired) electrons. The SMILES string of the molecule is O=C(Nc1cc(-c2cccs2)[nH]n1)c1cccc(OCc2cccnc2)c1. The highest BCUT2D eigenvalue weighted by Crippen LogP contribution is 2.24. The number of benzene rings is 1. The summed E-state index contributed by atoms with van der Waals surface area (Å²) in [5, 5.41) is 11.9. The molecule has 0 bridgehead atoms. The summed E-state index contributed by atoms with van der Waals surface area (Å²) in [5.74, 6) is 0.851. The Hall–Kier alpha value is -3.45. The molecule has 0 saturated carbocycles. The summed E-state index contributed by atoms with van der Waals surface area (Å²) in [4.78, 5) is 17.6. The fourth-order valence-corrected chi connectivity index (χ4v) is 3.20. The van der Waals surface area contributed by atoms with Crippen LogP contribution in [0.4, 0.5) is 5.82 Å². The van der Waals surface area contributed by atoms with E-state index in [-0.39, 0.29) is 5.91 Å². The smallest absolute Gasteiger partial charge is 0.256 e. The molecule has 0 saturated heterocycles. The fourth-order valence-electron chi connectivity index (χ4n) is 2.51. The van der Waals surface area contributed by atoms with Crippen LogP contribution < -0.4 is 10.1 Å². The lowest BCUT2D eigenvalue weighted by molar-refractivity contribution is 0.102. The number of aromatic nitrogens is 3. The number of anilines is 1. The zero-order chi connectivity index (χ0) is 18.5. The van der Waals surface area contributed by atoms with Crippen molar-refractivity contribution in [3.63, 3.8) is 0 Å². The maximum absolute atomic E-state index is 12.5. The molecule has 6 nitrogen and oxygen atoms in total. The van der Waals surface area contributed by atoms with Crippen molar-refractivity contribution < 1.29 is 9.53 Å². The molecule has 0 spiro atoms. The molecule has 4 rings (SSSR count). The van der Waals surface area contributed by atoms with Crippen LogP contribution in [0.25, 0.3) is 10.6 Å². The zero-order valence-electron chi connectivity index (χ0n) is 14.3. The lowest BCUT2D eigenvalue weighted by Crippen LogP contribution is -2.12. The van der Waals surface area contributed by atoms with Crippen LogP contribution in [-0.4, -0.2) is 21.1 Å². The van der Waals surface area contributed by atoms with Crippen molar-refractivity contribution in [3.8, 4) is 16.3 Å². The minimum Gasteiger partial charge on any atom is -0.489 e. The number of nitrogens with zero attached hydrogens (tertiary/aromatic N) is 2. The maximum Gasteiger partial charge on any atom is 0.256 e. The summed E-state index contributed by atoms with van der Waals surface area (Å²) in [6.45, 7) is 0.391. The van der Waals surface area contributed by atoms with Crippen molar-refractivity contribution >= 4 is 23.1 Å². The molecule has 0 aliphatic rings. The van der Waals surface area contributed by atoms with Crippen molar-refractivity contribution in [2.75, 3.05) is 5.32 Å². The number of hydrogen-bond acceptors (Lipinski definition) is 5. The number of carbonyl (C=O) groups excluding carboxylic acids is 1. The molecule has 0 aliphatic carbocycles. The third-order valence-electron chi connectivity index (χ3n) is 3.83. The van der Waals surface area contributed by atoms with Crippen LogP contribution in [-0.2, 0) is 6.61 Å². The highest BCUT2D eigenvalue weighted by Gasteiger charge is 2.11. The van der Waals surface area contributed by atoms with Gasteiger partial charge in [-0.2, -0.15) is 5.10 Å². The summed E-state index contributed by atoms with van der Waals surface area (Å²) in [6.07, 6.45) is 3.46. The van der Waals surface area contributed by atoms with E-state index in [0.29, 0.717) is 23.7 Å². The van der Waals surface area contributed by atoms with E-state index in [2.05, 4.69) is 20.5 Å². The number of thiophene rings is 1. The van der Waals surface area contributed by atoms with Gasteiger partial charge in [0.1, 0.15) is 12.4 Å². The summed E-state index contributed by atoms with van der Waals surface area (Å²) < 4.78 is 5.75. The summed E-state index contributed by atoms with van der Waals surface area (Å²) in [7, 11) is 0. The first-order chi connectivity index (χ1) is 13.3. The summed E-state index contributed by atoms with van der Waals surface area (Å²) in [6, 6.07) is 16.6. The number of amides is 1. The number of nitrogens with one attached hydrogen (secondary N) is 2. The second-order valence-electron chi connectivity index (χ2n) is 5.78. The maximum atomic E-state index is 12.5. The van der Waals surface area contributed by atoms with E-state index >= 15 is 0 Å². The molecule has 1 aromatic carbocycles. The summed E-state index contributed by atoms with van der Waals surface area (Å²) in [5.41, 5.74) is 2.33. The van der Waals surface area contributed by atoms with Gasteiger partial charge in [-0.25, -0.2) is 0 Å². The van der Waals surface area contributed by atoms with Crippen molar-refractivity contribution in [2.45, 2.75) is 6.61 Å². The van der Waals surface area contributed by atoms with Crippen LogP contribution in [0.2, 0.25) is 0 Å². The van der Waals surface area contributed by atoms with Crippen LogP contribution in [0.15, 0.2) is 72.4 Å². The number of H-pyrrole nitrogens is 1. The first-order valence-electron chi connectivity index (χ1n) is 8.30. The average Bonchev–Trinajstić information content (AvgIpc) is 3.39. The Kier molecular flexibility index (Phi) is 4.93. The van der Waals surface area contributed by atoms with E-state index in [1.165, 1.54) is 0 Å². The number of hydrogen-bond donors (Lipinski definition) is 2. The lowest BCUT2D eigenvalue weighted by atomic mass is 10.2. The van der Waals surface area contributed by atoms with Gasteiger partial charge in [0.2, 0.25) is 0 Å². The zero-order valence-corrected chi connectivity index (χ0v) is 15.1. The summed E-state index contributed by atoms with van der Waals surface area (Å²) >= 11 is 1.61. The fraction of sp³-hybridized carbons (Fsp3) is 0.0500. The van der Waals surface area contributed by atoms with Gasteiger partial charge in [0.15, 0.2) is 5.82 Å². The highest BCUT2D eigenvalue weighted by molar-refractivity contribution is 7.13. The third kappa shape index (κ3) is 4.21. The quantitative estimate of drug-likeness (QED) is 0.524. The van der Waals surface area contributed by atoms with Gasteiger partial charge in [-0.3, -0.25) is 14.9 Å². The number of ether oxygens (including phenoxy) is 1. The van der Waals surface area contributed by atoms with Crippen LogP contribution in [0.3, 0.4) is 0 Å². The van der Waals surface area contributed by atoms with Gasteiger partial charge in [0, 0.05) is 29.6 Å². The normalized spacial score (nSPS) is 10.5. The van der Waals surface area contributed by atoms with E-state index in [0.717, 1.165) is 16.1 Å². The third-order valence-corrected chi connectivity index (χ3v) is 4.73. The Morgan fingerprint density at radius 1 is 1.15 bits per heavy atom. The standard InChI is InChI=1S/C20H16N4O2S/c25-20(22-19-11-17(23-24-19)18-7-3-9-27-18)15-5-1-6-16(10-15)26-13-14-4-2-8-21-12-14/h1-12H,13H2,(H2,22,23,24,25). The molecule has 0 aliphatic heterocycles. The molecule has 0 unspecified atom stereocenters.